The Morgan fingerprint density at radius 1 is 1.42 bits per heavy atom. The van der Waals surface area contributed by atoms with E-state index in [2.05, 4.69) is 0 Å². The molecule has 3 nitrogen and oxygen atoms in total. The van der Waals surface area contributed by atoms with Gasteiger partial charge in [-0.1, -0.05) is 12.1 Å². The molecule has 0 spiro atoms. The van der Waals surface area contributed by atoms with Crippen LogP contribution >= 0.6 is 0 Å². The second-order valence-electron chi connectivity index (χ2n) is 2.86. The zero-order chi connectivity index (χ0) is 9.14. The number of hydrogen-bond donors (Lipinski definition) is 3. The zero-order valence-electron chi connectivity index (χ0n) is 6.94. The van der Waals surface area contributed by atoms with Crippen LogP contribution in [0.3, 0.4) is 0 Å². The van der Waals surface area contributed by atoms with E-state index in [0.717, 1.165) is 5.56 Å². The standard InChI is InChI=1S/C9H13NO2/c1-6(11)9(10)7-3-2-4-8(12)5-7/h2-6,9,11-12H,10H2,1H3/t6-,9+/m0/s1. The third-order valence-corrected chi connectivity index (χ3v) is 1.77. The summed E-state index contributed by atoms with van der Waals surface area (Å²) in [6, 6.07) is 6.16. The van der Waals surface area contributed by atoms with E-state index in [-0.39, 0.29) is 5.75 Å². The van der Waals surface area contributed by atoms with Crippen molar-refractivity contribution in [3.05, 3.63) is 29.8 Å². The molecule has 0 aliphatic heterocycles. The van der Waals surface area contributed by atoms with Gasteiger partial charge in [-0.3, -0.25) is 0 Å². The first-order valence-electron chi connectivity index (χ1n) is 3.84. The van der Waals surface area contributed by atoms with Crippen LogP contribution in [0.5, 0.6) is 5.75 Å². The minimum Gasteiger partial charge on any atom is -0.508 e. The van der Waals surface area contributed by atoms with Crippen molar-refractivity contribution in [3.8, 4) is 5.75 Å². The third-order valence-electron chi connectivity index (χ3n) is 1.77. The molecule has 0 aromatic heterocycles. The summed E-state index contributed by atoms with van der Waals surface area (Å²) in [5, 5.41) is 18.3. The maximum absolute atomic E-state index is 9.16. The average molecular weight is 167 g/mol. The number of aromatic hydroxyl groups is 1. The fraction of sp³-hybridized carbons (Fsp3) is 0.333. The second-order valence-corrected chi connectivity index (χ2v) is 2.86. The van der Waals surface area contributed by atoms with Crippen molar-refractivity contribution in [2.45, 2.75) is 19.1 Å². The van der Waals surface area contributed by atoms with Crippen LogP contribution in [0.15, 0.2) is 24.3 Å². The van der Waals surface area contributed by atoms with Gasteiger partial charge in [-0.25, -0.2) is 0 Å². The quantitative estimate of drug-likeness (QED) is 0.609. The molecular formula is C9H13NO2. The van der Waals surface area contributed by atoms with Gasteiger partial charge < -0.3 is 15.9 Å². The van der Waals surface area contributed by atoms with Gasteiger partial charge in [0.1, 0.15) is 5.75 Å². The molecule has 0 unspecified atom stereocenters. The highest BCUT2D eigenvalue weighted by Crippen LogP contribution is 2.18. The largest absolute Gasteiger partial charge is 0.508 e. The Morgan fingerprint density at radius 3 is 2.58 bits per heavy atom. The fourth-order valence-corrected chi connectivity index (χ4v) is 1.01. The minimum atomic E-state index is -0.605. The van der Waals surface area contributed by atoms with Crippen molar-refractivity contribution in [1.82, 2.24) is 0 Å². The van der Waals surface area contributed by atoms with E-state index in [4.69, 9.17) is 15.9 Å². The molecule has 0 aliphatic carbocycles. The number of hydrogen-bond acceptors (Lipinski definition) is 3. The molecule has 0 heterocycles. The van der Waals surface area contributed by atoms with Crippen molar-refractivity contribution in [3.63, 3.8) is 0 Å². The van der Waals surface area contributed by atoms with Gasteiger partial charge in [-0.2, -0.15) is 0 Å². The highest BCUT2D eigenvalue weighted by Gasteiger charge is 2.11. The molecule has 0 fully saturated rings. The summed E-state index contributed by atoms with van der Waals surface area (Å²) in [4.78, 5) is 0. The summed E-state index contributed by atoms with van der Waals surface area (Å²) < 4.78 is 0. The summed E-state index contributed by atoms with van der Waals surface area (Å²) in [5.41, 5.74) is 6.39. The van der Waals surface area contributed by atoms with Crippen molar-refractivity contribution >= 4 is 0 Å². The molecule has 3 heteroatoms. The van der Waals surface area contributed by atoms with Crippen LogP contribution in [0, 0.1) is 0 Å². The average Bonchev–Trinajstić information content (AvgIpc) is 2.03. The second kappa shape index (κ2) is 3.56. The van der Waals surface area contributed by atoms with Gasteiger partial charge in [0.15, 0.2) is 0 Å². The number of phenols is 1. The van der Waals surface area contributed by atoms with Gasteiger partial charge in [0, 0.05) is 0 Å². The summed E-state index contributed by atoms with van der Waals surface area (Å²) in [7, 11) is 0. The van der Waals surface area contributed by atoms with Gasteiger partial charge >= 0.3 is 0 Å². The molecule has 12 heavy (non-hydrogen) atoms. The third kappa shape index (κ3) is 1.96. The van der Waals surface area contributed by atoms with Crippen LogP contribution in [-0.2, 0) is 0 Å². The minimum absolute atomic E-state index is 0.170. The molecule has 0 bridgehead atoms. The number of phenolic OH excluding ortho intramolecular Hbond substituents is 1. The van der Waals surface area contributed by atoms with Crippen LogP contribution in [0.1, 0.15) is 18.5 Å². The highest BCUT2D eigenvalue weighted by molar-refractivity contribution is 5.29. The predicted octanol–water partition coefficient (Wildman–Crippen LogP) is 0.773. The molecule has 0 saturated carbocycles. The molecule has 1 aromatic rings. The summed E-state index contributed by atoms with van der Waals surface area (Å²) in [5.74, 6) is 0.170. The molecule has 66 valence electrons. The molecule has 1 rings (SSSR count). The summed E-state index contributed by atoms with van der Waals surface area (Å²) >= 11 is 0. The van der Waals surface area contributed by atoms with Crippen LogP contribution < -0.4 is 5.73 Å². The van der Waals surface area contributed by atoms with E-state index >= 15 is 0 Å². The first-order chi connectivity index (χ1) is 5.61. The van der Waals surface area contributed by atoms with Gasteiger partial charge in [0.05, 0.1) is 12.1 Å². The van der Waals surface area contributed by atoms with Crippen LogP contribution in [-0.4, -0.2) is 16.3 Å². The van der Waals surface area contributed by atoms with E-state index in [9.17, 15) is 0 Å². The van der Waals surface area contributed by atoms with Crippen LogP contribution in [0.4, 0.5) is 0 Å². The van der Waals surface area contributed by atoms with E-state index in [1.807, 2.05) is 0 Å². The Kier molecular flexibility index (Phi) is 2.68. The molecule has 0 radical (unpaired) electrons. The van der Waals surface area contributed by atoms with Gasteiger partial charge in [0.2, 0.25) is 0 Å². The maximum Gasteiger partial charge on any atom is 0.115 e. The Balaban J connectivity index is 2.88. The Morgan fingerprint density at radius 2 is 2.08 bits per heavy atom. The topological polar surface area (TPSA) is 66.5 Å². The van der Waals surface area contributed by atoms with E-state index < -0.39 is 12.1 Å². The lowest BCUT2D eigenvalue weighted by molar-refractivity contribution is 0.164. The monoisotopic (exact) mass is 167 g/mol. The summed E-state index contributed by atoms with van der Waals surface area (Å²) in [6.45, 7) is 1.62. The molecule has 4 N–H and O–H groups in total. The molecule has 0 amide bonds. The lowest BCUT2D eigenvalue weighted by atomic mass is 10.0. The first-order valence-corrected chi connectivity index (χ1v) is 3.84. The Labute approximate surface area is 71.5 Å². The number of benzene rings is 1. The lowest BCUT2D eigenvalue weighted by Gasteiger charge is -2.14. The summed E-state index contributed by atoms with van der Waals surface area (Å²) in [6.07, 6.45) is -0.605. The number of rotatable bonds is 2. The maximum atomic E-state index is 9.16. The molecule has 2 atom stereocenters. The van der Waals surface area contributed by atoms with Gasteiger partial charge in [0.25, 0.3) is 0 Å². The molecule has 0 aliphatic rings. The Hall–Kier alpha value is -1.06. The zero-order valence-corrected chi connectivity index (χ0v) is 6.94. The fourth-order valence-electron chi connectivity index (χ4n) is 1.01. The van der Waals surface area contributed by atoms with Crippen molar-refractivity contribution in [1.29, 1.82) is 0 Å². The van der Waals surface area contributed by atoms with Crippen molar-refractivity contribution < 1.29 is 10.2 Å². The molecular weight excluding hydrogens is 154 g/mol. The van der Waals surface area contributed by atoms with Crippen LogP contribution in [0.25, 0.3) is 0 Å². The number of nitrogens with two attached hydrogens (primary N) is 1. The van der Waals surface area contributed by atoms with Crippen molar-refractivity contribution in [2.75, 3.05) is 0 Å². The van der Waals surface area contributed by atoms with E-state index in [1.54, 1.807) is 31.2 Å². The molecule has 1 aromatic carbocycles. The number of aliphatic hydroxyl groups is 1. The normalized spacial score (nSPS) is 15.6. The van der Waals surface area contributed by atoms with Gasteiger partial charge in [-0.05, 0) is 24.6 Å². The van der Waals surface area contributed by atoms with E-state index in [0.29, 0.717) is 0 Å². The number of aliphatic hydroxyl groups excluding tert-OH is 1. The van der Waals surface area contributed by atoms with Crippen molar-refractivity contribution in [2.24, 2.45) is 5.73 Å². The van der Waals surface area contributed by atoms with Gasteiger partial charge in [-0.15, -0.1) is 0 Å². The predicted molar refractivity (Wildman–Crippen MR) is 46.7 cm³/mol. The Bertz CT molecular complexity index is 260. The lowest BCUT2D eigenvalue weighted by Crippen LogP contribution is -2.22. The highest BCUT2D eigenvalue weighted by atomic mass is 16.3. The van der Waals surface area contributed by atoms with E-state index in [1.165, 1.54) is 0 Å². The smallest absolute Gasteiger partial charge is 0.115 e. The molecule has 0 saturated heterocycles. The SMILES string of the molecule is C[C@H](O)[C@@H](N)c1cccc(O)c1. The first kappa shape index (κ1) is 9.03. The van der Waals surface area contributed by atoms with Crippen LogP contribution in [0.2, 0.25) is 0 Å².